The van der Waals surface area contributed by atoms with Gasteiger partial charge in [-0.15, -0.1) is 0 Å². The van der Waals surface area contributed by atoms with E-state index in [1.54, 1.807) is 12.1 Å². The molecule has 0 radical (unpaired) electrons. The molecule has 28 heavy (non-hydrogen) atoms. The molecule has 1 aliphatic rings. The Kier molecular flexibility index (Phi) is 4.22. The lowest BCUT2D eigenvalue weighted by molar-refractivity contribution is 0.581. The number of aryl methyl sites for hydroxylation is 2. The van der Waals surface area contributed by atoms with Gasteiger partial charge in [-0.1, -0.05) is 36.4 Å². The van der Waals surface area contributed by atoms with Crippen LogP contribution in [0.4, 0.5) is 0 Å². The molecule has 5 rings (SSSR count). The first-order valence-corrected chi connectivity index (χ1v) is 11.2. The Morgan fingerprint density at radius 1 is 0.893 bits per heavy atom. The number of benzene rings is 3. The van der Waals surface area contributed by atoms with E-state index in [9.17, 15) is 8.42 Å². The Balaban J connectivity index is 1.41. The molecule has 1 aromatic heterocycles. The van der Waals surface area contributed by atoms with Crippen molar-refractivity contribution < 1.29 is 8.42 Å². The van der Waals surface area contributed by atoms with E-state index >= 15 is 0 Å². The Morgan fingerprint density at radius 2 is 1.71 bits per heavy atom. The SMILES string of the molecule is O=S(=O)(NCc1ccc2[nH]c3c(c2c1)CCCC3)c1ccc2ccccc2c1. The van der Waals surface area contributed by atoms with Gasteiger partial charge in [-0.25, -0.2) is 13.1 Å². The van der Waals surface area contributed by atoms with Gasteiger partial charge in [-0.2, -0.15) is 0 Å². The van der Waals surface area contributed by atoms with Gasteiger partial charge < -0.3 is 4.98 Å². The van der Waals surface area contributed by atoms with Crippen LogP contribution < -0.4 is 4.72 Å². The minimum Gasteiger partial charge on any atom is -0.358 e. The summed E-state index contributed by atoms with van der Waals surface area (Å²) in [5.74, 6) is 0. The Labute approximate surface area is 164 Å². The number of fused-ring (bicyclic) bond motifs is 4. The molecule has 4 aromatic rings. The highest BCUT2D eigenvalue weighted by Crippen LogP contribution is 2.29. The van der Waals surface area contributed by atoms with E-state index in [2.05, 4.69) is 21.8 Å². The number of aromatic nitrogens is 1. The summed E-state index contributed by atoms with van der Waals surface area (Å²) in [4.78, 5) is 3.82. The Hall–Kier alpha value is -2.63. The molecule has 0 aliphatic heterocycles. The van der Waals surface area contributed by atoms with Gasteiger partial charge in [0.1, 0.15) is 0 Å². The number of nitrogens with one attached hydrogen (secondary N) is 2. The Morgan fingerprint density at radius 3 is 2.61 bits per heavy atom. The molecule has 0 fully saturated rings. The van der Waals surface area contributed by atoms with E-state index in [-0.39, 0.29) is 6.54 Å². The average Bonchev–Trinajstić information content (AvgIpc) is 3.10. The van der Waals surface area contributed by atoms with Crippen LogP contribution in [0.15, 0.2) is 65.6 Å². The first-order chi connectivity index (χ1) is 13.6. The lowest BCUT2D eigenvalue weighted by atomic mass is 9.95. The zero-order valence-electron chi connectivity index (χ0n) is 15.5. The van der Waals surface area contributed by atoms with Gasteiger partial charge in [0.15, 0.2) is 0 Å². The number of H-pyrrole nitrogens is 1. The third-order valence-electron chi connectivity index (χ3n) is 5.66. The predicted molar refractivity (Wildman–Crippen MR) is 113 cm³/mol. The molecule has 5 heteroatoms. The third kappa shape index (κ3) is 3.11. The molecule has 142 valence electrons. The van der Waals surface area contributed by atoms with Gasteiger partial charge in [0.2, 0.25) is 10.0 Å². The lowest BCUT2D eigenvalue weighted by Gasteiger charge is -2.11. The molecule has 0 amide bonds. The number of sulfonamides is 1. The monoisotopic (exact) mass is 390 g/mol. The fourth-order valence-electron chi connectivity index (χ4n) is 4.16. The predicted octanol–water partition coefficient (Wildman–Crippen LogP) is 4.68. The van der Waals surface area contributed by atoms with Crippen molar-refractivity contribution in [3.05, 3.63) is 77.5 Å². The zero-order valence-corrected chi connectivity index (χ0v) is 16.4. The molecule has 0 unspecified atom stereocenters. The van der Waals surface area contributed by atoms with Crippen LogP contribution in [-0.4, -0.2) is 13.4 Å². The van der Waals surface area contributed by atoms with Crippen LogP contribution in [0.1, 0.15) is 29.7 Å². The number of aromatic amines is 1. The van der Waals surface area contributed by atoms with Gasteiger partial charge in [0.25, 0.3) is 0 Å². The second-order valence-corrected chi connectivity index (χ2v) is 9.27. The van der Waals surface area contributed by atoms with E-state index in [0.717, 1.165) is 34.7 Å². The topological polar surface area (TPSA) is 62.0 Å². The zero-order chi connectivity index (χ0) is 19.1. The first-order valence-electron chi connectivity index (χ1n) is 9.71. The van der Waals surface area contributed by atoms with Crippen LogP contribution in [0.2, 0.25) is 0 Å². The highest BCUT2D eigenvalue weighted by atomic mass is 32.2. The maximum atomic E-state index is 12.8. The van der Waals surface area contributed by atoms with Crippen LogP contribution in [0, 0.1) is 0 Å². The smallest absolute Gasteiger partial charge is 0.240 e. The molecule has 0 saturated carbocycles. The van der Waals surface area contributed by atoms with Gasteiger partial charge in [0, 0.05) is 23.1 Å². The van der Waals surface area contributed by atoms with E-state index in [1.807, 2.05) is 36.4 Å². The lowest BCUT2D eigenvalue weighted by Crippen LogP contribution is -2.23. The highest BCUT2D eigenvalue weighted by Gasteiger charge is 2.17. The summed E-state index contributed by atoms with van der Waals surface area (Å²) in [6.45, 7) is 0.283. The fraction of sp³-hybridized carbons (Fsp3) is 0.217. The van der Waals surface area contributed by atoms with Crippen LogP contribution in [0.3, 0.4) is 0 Å². The highest BCUT2D eigenvalue weighted by molar-refractivity contribution is 7.89. The molecule has 0 spiro atoms. The van der Waals surface area contributed by atoms with E-state index < -0.39 is 10.0 Å². The van der Waals surface area contributed by atoms with Crippen molar-refractivity contribution in [2.24, 2.45) is 0 Å². The van der Waals surface area contributed by atoms with Gasteiger partial charge in [-0.05, 0) is 71.8 Å². The first kappa shape index (κ1) is 17.5. The largest absolute Gasteiger partial charge is 0.358 e. The van der Waals surface area contributed by atoms with Crippen molar-refractivity contribution in [2.75, 3.05) is 0 Å². The second-order valence-electron chi connectivity index (χ2n) is 7.50. The van der Waals surface area contributed by atoms with Crippen molar-refractivity contribution in [3.8, 4) is 0 Å². The molecule has 1 aliphatic carbocycles. The van der Waals surface area contributed by atoms with E-state index in [4.69, 9.17) is 0 Å². The number of rotatable bonds is 4. The summed E-state index contributed by atoms with van der Waals surface area (Å²) < 4.78 is 28.3. The van der Waals surface area contributed by atoms with Gasteiger partial charge in [0.05, 0.1) is 4.90 Å². The van der Waals surface area contributed by atoms with Crippen LogP contribution in [0.5, 0.6) is 0 Å². The van der Waals surface area contributed by atoms with Gasteiger partial charge >= 0.3 is 0 Å². The van der Waals surface area contributed by atoms with Crippen LogP contribution in [0.25, 0.3) is 21.7 Å². The van der Waals surface area contributed by atoms with Crippen molar-refractivity contribution in [1.29, 1.82) is 0 Å². The molecule has 3 aromatic carbocycles. The summed E-state index contributed by atoms with van der Waals surface area (Å²) in [6, 6.07) is 19.2. The van der Waals surface area contributed by atoms with Crippen molar-refractivity contribution in [2.45, 2.75) is 37.1 Å². The van der Waals surface area contributed by atoms with Crippen molar-refractivity contribution in [1.82, 2.24) is 9.71 Å². The van der Waals surface area contributed by atoms with Crippen molar-refractivity contribution >= 4 is 31.7 Å². The Bertz CT molecular complexity index is 1290. The second kappa shape index (κ2) is 6.76. The molecule has 2 N–H and O–H groups in total. The summed E-state index contributed by atoms with van der Waals surface area (Å²) in [5, 5.41) is 3.19. The summed E-state index contributed by atoms with van der Waals surface area (Å²) >= 11 is 0. The average molecular weight is 391 g/mol. The van der Waals surface area contributed by atoms with E-state index in [1.165, 1.54) is 29.5 Å². The molecular formula is C23H22N2O2S. The van der Waals surface area contributed by atoms with Crippen LogP contribution in [-0.2, 0) is 29.4 Å². The minimum atomic E-state index is -3.56. The standard InChI is InChI=1S/C23H22N2O2S/c26-28(27,19-11-10-17-5-1-2-6-18(17)14-19)24-15-16-9-12-23-21(13-16)20-7-3-4-8-22(20)25-23/h1-2,5-6,9-14,24-25H,3-4,7-8,15H2. The van der Waals surface area contributed by atoms with E-state index in [0.29, 0.717) is 4.90 Å². The fourth-order valence-corrected chi connectivity index (χ4v) is 5.21. The minimum absolute atomic E-state index is 0.283. The van der Waals surface area contributed by atoms with Gasteiger partial charge in [-0.3, -0.25) is 0 Å². The molecule has 0 bridgehead atoms. The molecule has 1 heterocycles. The molecule has 4 nitrogen and oxygen atoms in total. The normalized spacial score (nSPS) is 14.4. The molecular weight excluding hydrogens is 368 g/mol. The van der Waals surface area contributed by atoms with Crippen molar-refractivity contribution in [3.63, 3.8) is 0 Å². The maximum absolute atomic E-state index is 12.8. The number of hydrogen-bond donors (Lipinski definition) is 2. The van der Waals surface area contributed by atoms with Crippen LogP contribution >= 0.6 is 0 Å². The quantitative estimate of drug-likeness (QED) is 0.531. The molecule has 0 atom stereocenters. The molecule has 0 saturated heterocycles. The summed E-state index contributed by atoms with van der Waals surface area (Å²) in [5.41, 5.74) is 4.87. The summed E-state index contributed by atoms with van der Waals surface area (Å²) in [7, 11) is -3.56. The third-order valence-corrected chi connectivity index (χ3v) is 7.06. The summed E-state index contributed by atoms with van der Waals surface area (Å²) in [6.07, 6.45) is 4.66. The number of hydrogen-bond acceptors (Lipinski definition) is 2. The maximum Gasteiger partial charge on any atom is 0.240 e.